The van der Waals surface area contributed by atoms with Gasteiger partial charge >= 0.3 is 6.18 Å². The number of hydrogen-bond donors (Lipinski definition) is 1. The lowest BCUT2D eigenvalue weighted by Gasteiger charge is -2.18. The van der Waals surface area contributed by atoms with Crippen LogP contribution >= 0.6 is 0 Å². The first kappa shape index (κ1) is 19.5. The molecule has 4 rings (SSSR count). The van der Waals surface area contributed by atoms with Gasteiger partial charge in [0.1, 0.15) is 23.6 Å². The Hall–Kier alpha value is -3.83. The van der Waals surface area contributed by atoms with Gasteiger partial charge in [0.05, 0.1) is 6.20 Å². The highest BCUT2D eigenvalue weighted by atomic mass is 19.4. The number of imidazole rings is 1. The zero-order valence-electron chi connectivity index (χ0n) is 15.5. The first-order valence-corrected chi connectivity index (χ1v) is 8.59. The zero-order chi connectivity index (χ0) is 21.5. The molecule has 154 valence electrons. The Morgan fingerprint density at radius 1 is 1.03 bits per heavy atom. The molecule has 0 aliphatic carbocycles. The number of nitrogens with zero attached hydrogens (tertiary/aromatic N) is 7. The number of nitrogens with two attached hydrogens (primary N) is 1. The number of nitrogen functional groups attached to an aromatic ring is 1. The predicted molar refractivity (Wildman–Crippen MR) is 101 cm³/mol. The average Bonchev–Trinajstić information content (AvgIpc) is 3.04. The van der Waals surface area contributed by atoms with Crippen LogP contribution in [-0.4, -0.2) is 42.7 Å². The highest BCUT2D eigenvalue weighted by Crippen LogP contribution is 2.29. The van der Waals surface area contributed by atoms with Crippen LogP contribution in [-0.2, 0) is 6.54 Å². The topological polar surface area (TPSA) is 98.6 Å². The summed E-state index contributed by atoms with van der Waals surface area (Å²) in [6, 6.07) is 7.06. The van der Waals surface area contributed by atoms with E-state index >= 15 is 0 Å². The molecule has 0 aliphatic rings. The fourth-order valence-corrected chi connectivity index (χ4v) is 2.87. The van der Waals surface area contributed by atoms with Gasteiger partial charge in [-0.3, -0.25) is 4.57 Å². The SMILES string of the molecule is CN(c1ccc(F)cc1)c1nccc(-c2nc3cnc(N)nc3n2CC(F)(F)F)n1. The van der Waals surface area contributed by atoms with Gasteiger partial charge in [0.15, 0.2) is 11.5 Å². The molecule has 8 nitrogen and oxygen atoms in total. The Labute approximate surface area is 167 Å². The van der Waals surface area contributed by atoms with E-state index in [0.29, 0.717) is 5.69 Å². The Kier molecular flexibility index (Phi) is 4.68. The van der Waals surface area contributed by atoms with Crippen molar-refractivity contribution in [2.24, 2.45) is 0 Å². The van der Waals surface area contributed by atoms with Gasteiger partial charge < -0.3 is 10.6 Å². The number of hydrogen-bond acceptors (Lipinski definition) is 7. The van der Waals surface area contributed by atoms with Gasteiger partial charge in [0, 0.05) is 18.9 Å². The third kappa shape index (κ3) is 3.83. The first-order valence-electron chi connectivity index (χ1n) is 8.59. The van der Waals surface area contributed by atoms with Crippen molar-refractivity contribution in [3.05, 3.63) is 48.5 Å². The van der Waals surface area contributed by atoms with E-state index in [9.17, 15) is 17.6 Å². The molecule has 0 spiro atoms. The second-order valence-corrected chi connectivity index (χ2v) is 6.35. The van der Waals surface area contributed by atoms with Gasteiger partial charge in [-0.1, -0.05) is 0 Å². The Balaban J connectivity index is 1.81. The van der Waals surface area contributed by atoms with Crippen LogP contribution in [0.15, 0.2) is 42.7 Å². The number of rotatable bonds is 4. The van der Waals surface area contributed by atoms with Crippen LogP contribution in [0.3, 0.4) is 0 Å². The van der Waals surface area contributed by atoms with E-state index in [4.69, 9.17) is 5.73 Å². The number of alkyl halides is 3. The van der Waals surface area contributed by atoms with Crippen LogP contribution in [0.25, 0.3) is 22.7 Å². The lowest BCUT2D eigenvalue weighted by atomic mass is 10.3. The van der Waals surface area contributed by atoms with Crippen LogP contribution < -0.4 is 10.6 Å². The number of fused-ring (bicyclic) bond motifs is 1. The van der Waals surface area contributed by atoms with Crippen molar-refractivity contribution in [3.63, 3.8) is 0 Å². The zero-order valence-corrected chi connectivity index (χ0v) is 15.5. The van der Waals surface area contributed by atoms with E-state index in [1.54, 1.807) is 11.9 Å². The average molecular weight is 418 g/mol. The Morgan fingerprint density at radius 2 is 1.77 bits per heavy atom. The molecule has 1 aromatic carbocycles. The molecule has 0 saturated carbocycles. The van der Waals surface area contributed by atoms with Crippen molar-refractivity contribution in [2.75, 3.05) is 17.7 Å². The standard InChI is InChI=1S/C18H14F4N8/c1-29(11-4-2-10(19)3-5-11)17-24-7-6-12(27-17)14-26-13-8-25-16(23)28-15(13)30(14)9-18(20,21)22/h2-8H,9H2,1H3,(H2,23,25,28). The summed E-state index contributed by atoms with van der Waals surface area (Å²) < 4.78 is 53.7. The molecule has 2 N–H and O–H groups in total. The van der Waals surface area contributed by atoms with E-state index < -0.39 is 18.5 Å². The second-order valence-electron chi connectivity index (χ2n) is 6.35. The van der Waals surface area contributed by atoms with Crippen molar-refractivity contribution in [1.29, 1.82) is 0 Å². The summed E-state index contributed by atoms with van der Waals surface area (Å²) in [5.41, 5.74) is 6.38. The van der Waals surface area contributed by atoms with Crippen LogP contribution in [0.2, 0.25) is 0 Å². The molecule has 0 amide bonds. The summed E-state index contributed by atoms with van der Waals surface area (Å²) in [7, 11) is 1.65. The maximum Gasteiger partial charge on any atom is 0.406 e. The van der Waals surface area contributed by atoms with E-state index in [-0.39, 0.29) is 34.6 Å². The summed E-state index contributed by atoms with van der Waals surface area (Å²) in [6.45, 7) is -1.33. The molecule has 3 aromatic heterocycles. The van der Waals surface area contributed by atoms with Gasteiger partial charge in [-0.05, 0) is 30.3 Å². The van der Waals surface area contributed by atoms with Crippen molar-refractivity contribution >= 4 is 28.7 Å². The van der Waals surface area contributed by atoms with Crippen molar-refractivity contribution < 1.29 is 17.6 Å². The molecule has 0 unspecified atom stereocenters. The predicted octanol–water partition coefficient (Wildman–Crippen LogP) is 3.33. The maximum atomic E-state index is 13.2. The summed E-state index contributed by atoms with van der Waals surface area (Å²) in [5, 5.41) is 0. The Morgan fingerprint density at radius 3 is 2.47 bits per heavy atom. The van der Waals surface area contributed by atoms with Gasteiger partial charge in [0.2, 0.25) is 11.9 Å². The number of benzene rings is 1. The van der Waals surface area contributed by atoms with Crippen LogP contribution in [0.1, 0.15) is 0 Å². The van der Waals surface area contributed by atoms with Crippen LogP contribution in [0.5, 0.6) is 0 Å². The van der Waals surface area contributed by atoms with E-state index in [2.05, 4.69) is 24.9 Å². The smallest absolute Gasteiger partial charge is 0.368 e. The third-order valence-corrected chi connectivity index (χ3v) is 4.23. The molecule has 30 heavy (non-hydrogen) atoms. The fourth-order valence-electron chi connectivity index (χ4n) is 2.87. The quantitative estimate of drug-likeness (QED) is 0.508. The minimum absolute atomic E-state index is 0.0538. The molecule has 0 radical (unpaired) electrons. The number of aromatic nitrogens is 6. The Bertz CT molecular complexity index is 1200. The molecule has 0 atom stereocenters. The van der Waals surface area contributed by atoms with Gasteiger partial charge in [-0.15, -0.1) is 0 Å². The van der Waals surface area contributed by atoms with Gasteiger partial charge in [0.25, 0.3) is 0 Å². The molecule has 0 bridgehead atoms. The molecule has 0 saturated heterocycles. The normalized spacial score (nSPS) is 11.8. The molecule has 3 heterocycles. The molecular formula is C18H14F4N8. The highest BCUT2D eigenvalue weighted by Gasteiger charge is 2.31. The minimum atomic E-state index is -4.52. The van der Waals surface area contributed by atoms with Crippen LogP contribution in [0.4, 0.5) is 35.1 Å². The third-order valence-electron chi connectivity index (χ3n) is 4.23. The van der Waals surface area contributed by atoms with E-state index in [1.807, 2.05) is 0 Å². The monoisotopic (exact) mass is 418 g/mol. The molecule has 12 heteroatoms. The summed E-state index contributed by atoms with van der Waals surface area (Å²) in [5.74, 6) is -0.437. The summed E-state index contributed by atoms with van der Waals surface area (Å²) >= 11 is 0. The molecule has 0 fully saturated rings. The largest absolute Gasteiger partial charge is 0.406 e. The second kappa shape index (κ2) is 7.21. The van der Waals surface area contributed by atoms with Crippen molar-refractivity contribution in [3.8, 4) is 11.5 Å². The fraction of sp³-hybridized carbons (Fsp3) is 0.167. The van der Waals surface area contributed by atoms with Gasteiger partial charge in [-0.2, -0.15) is 18.2 Å². The highest BCUT2D eigenvalue weighted by molar-refractivity contribution is 5.76. The minimum Gasteiger partial charge on any atom is -0.368 e. The lowest BCUT2D eigenvalue weighted by molar-refractivity contribution is -0.139. The first-order chi connectivity index (χ1) is 14.2. The maximum absolute atomic E-state index is 13.2. The molecule has 0 aliphatic heterocycles. The van der Waals surface area contributed by atoms with E-state index in [1.165, 1.54) is 42.7 Å². The summed E-state index contributed by atoms with van der Waals surface area (Å²) in [4.78, 5) is 22.0. The molecular weight excluding hydrogens is 404 g/mol. The molecule has 4 aromatic rings. The van der Waals surface area contributed by atoms with E-state index in [0.717, 1.165) is 4.57 Å². The number of halogens is 4. The van der Waals surface area contributed by atoms with Crippen molar-refractivity contribution in [1.82, 2.24) is 29.5 Å². The van der Waals surface area contributed by atoms with Crippen LogP contribution in [0, 0.1) is 5.82 Å². The van der Waals surface area contributed by atoms with Gasteiger partial charge in [-0.25, -0.2) is 24.3 Å². The van der Waals surface area contributed by atoms with Crippen molar-refractivity contribution in [2.45, 2.75) is 12.7 Å². The summed E-state index contributed by atoms with van der Waals surface area (Å²) in [6.07, 6.45) is -1.88. The number of anilines is 3. The lowest BCUT2D eigenvalue weighted by Crippen LogP contribution is -2.19.